The lowest BCUT2D eigenvalue weighted by atomic mass is 9.73. The molecule has 2 unspecified atom stereocenters. The van der Waals surface area contributed by atoms with Gasteiger partial charge in [0.05, 0.1) is 28.3 Å². The van der Waals surface area contributed by atoms with Gasteiger partial charge in [0.2, 0.25) is 17.7 Å². The van der Waals surface area contributed by atoms with E-state index in [2.05, 4.69) is 27.8 Å². The fourth-order valence-corrected chi connectivity index (χ4v) is 8.41. The zero-order valence-electron chi connectivity index (χ0n) is 32.6. The number of anilines is 2. The third-order valence-electron chi connectivity index (χ3n) is 11.9. The Morgan fingerprint density at radius 1 is 0.917 bits per heavy atom. The molecule has 3 aromatic carbocycles. The van der Waals surface area contributed by atoms with Gasteiger partial charge in [-0.05, 0) is 104 Å². The summed E-state index contributed by atoms with van der Waals surface area (Å²) in [4.78, 5) is 79.2. The molecule has 2 atom stereocenters. The Hall–Kier alpha value is -7.26. The van der Waals surface area contributed by atoms with E-state index in [9.17, 15) is 24.0 Å². The summed E-state index contributed by atoms with van der Waals surface area (Å²) < 4.78 is 1.99. The molecule has 2 aliphatic heterocycles. The molecule has 15 nitrogen and oxygen atoms in total. The standard InChI is InChI=1S/C45H42N10O5/c46-38-31(8-3-22-49-38)40-52-34-17-16-32(51-41(34)54(40)29-14-12-28(13-15-29)45(48)20-4-21-45)26-6-1-5-25(23-26)10-11-27(39(47)57)24-50-33-9-2-7-30-37(33)44(60)55(43(30)59)35-18-19-36(56)53-42(35)58/h1-3,5-9,12-17,22-23,27,35,50H,4,10-11,18-21,24,48H2,(H2,46,49)(H2,47,57)(H,53,56,58). The van der Waals surface area contributed by atoms with Crippen molar-refractivity contribution in [3.8, 4) is 28.3 Å². The number of piperidine rings is 1. The quantitative estimate of drug-likeness (QED) is 0.107. The summed E-state index contributed by atoms with van der Waals surface area (Å²) >= 11 is 0. The minimum Gasteiger partial charge on any atom is -0.384 e. The number of amides is 5. The molecular formula is C45H42N10O5. The molecule has 5 amide bonds. The van der Waals surface area contributed by atoms with E-state index in [0.29, 0.717) is 46.9 Å². The second-order valence-electron chi connectivity index (χ2n) is 15.7. The van der Waals surface area contributed by atoms with Gasteiger partial charge < -0.3 is 22.5 Å². The van der Waals surface area contributed by atoms with Gasteiger partial charge in [-0.15, -0.1) is 0 Å². The van der Waals surface area contributed by atoms with Gasteiger partial charge in [0.25, 0.3) is 11.8 Å². The second-order valence-corrected chi connectivity index (χ2v) is 15.7. The van der Waals surface area contributed by atoms with Crippen LogP contribution in [0.3, 0.4) is 0 Å². The Morgan fingerprint density at radius 3 is 2.43 bits per heavy atom. The van der Waals surface area contributed by atoms with Crippen LogP contribution in [-0.2, 0) is 26.3 Å². The van der Waals surface area contributed by atoms with Crippen LogP contribution in [0, 0.1) is 5.92 Å². The average molecular weight is 803 g/mol. The van der Waals surface area contributed by atoms with E-state index in [-0.39, 0.29) is 36.1 Å². The number of imidazole rings is 1. The summed E-state index contributed by atoms with van der Waals surface area (Å²) in [6.45, 7) is 0.102. The van der Waals surface area contributed by atoms with Crippen molar-refractivity contribution in [3.63, 3.8) is 0 Å². The first-order valence-corrected chi connectivity index (χ1v) is 20.0. The van der Waals surface area contributed by atoms with Gasteiger partial charge in [0.15, 0.2) is 11.5 Å². The molecule has 2 fully saturated rings. The lowest BCUT2D eigenvalue weighted by molar-refractivity contribution is -0.136. The van der Waals surface area contributed by atoms with Crippen LogP contribution in [0.15, 0.2) is 97.2 Å². The highest BCUT2D eigenvalue weighted by atomic mass is 16.2. The fraction of sp³-hybridized carbons (Fsp3) is 0.244. The van der Waals surface area contributed by atoms with Crippen molar-refractivity contribution in [1.82, 2.24) is 29.7 Å². The Balaban J connectivity index is 0.946. The number of hydrogen-bond acceptors (Lipinski definition) is 11. The molecule has 0 spiro atoms. The van der Waals surface area contributed by atoms with Crippen molar-refractivity contribution in [2.24, 2.45) is 17.4 Å². The molecular weight excluding hydrogens is 761 g/mol. The van der Waals surface area contributed by atoms with Gasteiger partial charge in [-0.1, -0.05) is 36.4 Å². The third-order valence-corrected chi connectivity index (χ3v) is 11.9. The number of nitrogens with two attached hydrogens (primary N) is 3. The minimum absolute atomic E-state index is 0.0183. The number of nitrogens with zero attached hydrogens (tertiary/aromatic N) is 5. The number of nitrogen functional groups attached to an aromatic ring is 1. The van der Waals surface area contributed by atoms with Crippen LogP contribution >= 0.6 is 0 Å². The summed E-state index contributed by atoms with van der Waals surface area (Å²) in [6.07, 6.45) is 5.64. The Bertz CT molecular complexity index is 2740. The molecule has 0 bridgehead atoms. The molecule has 15 heteroatoms. The van der Waals surface area contributed by atoms with Crippen molar-refractivity contribution in [3.05, 3.63) is 119 Å². The number of benzene rings is 3. The first-order chi connectivity index (χ1) is 29.0. The number of fused-ring (bicyclic) bond motifs is 2. The maximum Gasteiger partial charge on any atom is 0.264 e. The predicted octanol–water partition coefficient (Wildman–Crippen LogP) is 4.62. The Kier molecular flexibility index (Phi) is 9.67. The van der Waals surface area contributed by atoms with E-state index < -0.39 is 41.5 Å². The zero-order chi connectivity index (χ0) is 41.7. The maximum atomic E-state index is 13.6. The molecule has 302 valence electrons. The summed E-state index contributed by atoms with van der Waals surface area (Å²) in [6, 6.07) is 27.4. The van der Waals surface area contributed by atoms with Crippen LogP contribution in [0.1, 0.15) is 70.4 Å². The van der Waals surface area contributed by atoms with Gasteiger partial charge in [0, 0.05) is 41.6 Å². The topological polar surface area (TPSA) is 234 Å². The Labute approximate surface area is 344 Å². The van der Waals surface area contributed by atoms with Crippen LogP contribution in [0.25, 0.3) is 39.5 Å². The molecule has 6 aromatic rings. The molecule has 1 saturated carbocycles. The molecule has 0 radical (unpaired) electrons. The molecule has 1 aliphatic carbocycles. The highest BCUT2D eigenvalue weighted by molar-refractivity contribution is 6.25. The SMILES string of the molecule is NC(=O)C(CCc1cccc(-c2ccc3nc(-c4cccnc4N)n(-c4ccc(C5(N)CCC5)cc4)c3n2)c1)CNc1cccc2c1C(=O)N(C1CCC(=O)NC1=O)C2=O. The van der Waals surface area contributed by atoms with Crippen molar-refractivity contribution in [2.75, 3.05) is 17.6 Å². The number of imide groups is 2. The minimum atomic E-state index is -1.09. The highest BCUT2D eigenvalue weighted by Crippen LogP contribution is 2.40. The highest BCUT2D eigenvalue weighted by Gasteiger charge is 2.45. The van der Waals surface area contributed by atoms with Crippen LogP contribution in [-0.4, -0.2) is 66.5 Å². The van der Waals surface area contributed by atoms with Crippen molar-refractivity contribution < 1.29 is 24.0 Å². The van der Waals surface area contributed by atoms with Crippen LogP contribution in [0.2, 0.25) is 0 Å². The summed E-state index contributed by atoms with van der Waals surface area (Å²) in [5, 5.41) is 5.38. The second kappa shape index (κ2) is 15.2. The third kappa shape index (κ3) is 6.81. The normalized spacial score (nSPS) is 17.6. The molecule has 3 aromatic heterocycles. The van der Waals surface area contributed by atoms with E-state index in [1.54, 1.807) is 18.3 Å². The summed E-state index contributed by atoms with van der Waals surface area (Å²) in [5.41, 5.74) is 25.7. The zero-order valence-corrected chi connectivity index (χ0v) is 32.6. The van der Waals surface area contributed by atoms with E-state index >= 15 is 0 Å². The van der Waals surface area contributed by atoms with Crippen LogP contribution in [0.5, 0.6) is 0 Å². The van der Waals surface area contributed by atoms with Gasteiger partial charge in [-0.2, -0.15) is 0 Å². The van der Waals surface area contributed by atoms with Crippen molar-refractivity contribution >= 4 is 52.2 Å². The predicted molar refractivity (Wildman–Crippen MR) is 224 cm³/mol. The molecule has 5 heterocycles. The first kappa shape index (κ1) is 38.3. The lowest BCUT2D eigenvalue weighted by Crippen LogP contribution is -2.54. The number of hydrogen-bond donors (Lipinski definition) is 5. The van der Waals surface area contributed by atoms with E-state index in [0.717, 1.165) is 52.2 Å². The number of rotatable bonds is 12. The largest absolute Gasteiger partial charge is 0.384 e. The van der Waals surface area contributed by atoms with E-state index in [1.807, 2.05) is 65.2 Å². The molecule has 9 rings (SSSR count). The maximum absolute atomic E-state index is 13.6. The van der Waals surface area contributed by atoms with Gasteiger partial charge in [-0.3, -0.25) is 38.8 Å². The van der Waals surface area contributed by atoms with Crippen molar-refractivity contribution in [2.45, 2.75) is 56.5 Å². The molecule has 3 aliphatic rings. The van der Waals surface area contributed by atoms with E-state index in [4.69, 9.17) is 27.2 Å². The smallest absolute Gasteiger partial charge is 0.264 e. The van der Waals surface area contributed by atoms with Gasteiger partial charge in [0.1, 0.15) is 17.4 Å². The summed E-state index contributed by atoms with van der Waals surface area (Å²) in [7, 11) is 0. The van der Waals surface area contributed by atoms with E-state index in [1.165, 1.54) is 6.07 Å². The van der Waals surface area contributed by atoms with Crippen molar-refractivity contribution in [1.29, 1.82) is 0 Å². The molecule has 8 N–H and O–H groups in total. The number of aromatic nitrogens is 4. The number of aryl methyl sites for hydroxylation is 1. The number of pyridine rings is 2. The van der Waals surface area contributed by atoms with Crippen LogP contribution in [0.4, 0.5) is 11.5 Å². The molecule has 1 saturated heterocycles. The number of carbonyl (C=O) groups is 5. The first-order valence-electron chi connectivity index (χ1n) is 20.0. The number of carbonyl (C=O) groups excluding carboxylic acids is 5. The van der Waals surface area contributed by atoms with Gasteiger partial charge >= 0.3 is 0 Å². The summed E-state index contributed by atoms with van der Waals surface area (Å²) in [5.74, 6) is -2.57. The lowest BCUT2D eigenvalue weighted by Gasteiger charge is -2.38. The monoisotopic (exact) mass is 802 g/mol. The average Bonchev–Trinajstić information content (AvgIpc) is 3.74. The Morgan fingerprint density at radius 2 is 1.70 bits per heavy atom. The van der Waals surface area contributed by atoms with Gasteiger partial charge in [-0.25, -0.2) is 15.0 Å². The molecule has 60 heavy (non-hydrogen) atoms. The number of nitrogens with one attached hydrogen (secondary N) is 2. The fourth-order valence-electron chi connectivity index (χ4n) is 8.41. The van der Waals surface area contributed by atoms with Crippen LogP contribution < -0.4 is 27.8 Å². The number of primary amides is 1.